The molecule has 0 aliphatic rings. The maximum Gasteiger partial charge on any atom is -0.00369 e. The fraction of sp³-hybridized carbons (Fsp3) is 1.00. The van der Waals surface area contributed by atoms with Gasteiger partial charge in [0.05, 0.1) is 0 Å². The summed E-state index contributed by atoms with van der Waals surface area (Å²) in [5, 5.41) is 3.29. The standard InChI is InChI=1S/C7H19N3/c8-4-1-2-6-10-7-3-5-9/h10H,1-9H2/i1+1,2+1,4+1. The van der Waals surface area contributed by atoms with Gasteiger partial charge in [0, 0.05) is 0 Å². The monoisotopic (exact) mass is 148 g/mol. The molecule has 0 aromatic carbocycles. The maximum atomic E-state index is 5.32. The summed E-state index contributed by atoms with van der Waals surface area (Å²) in [6.45, 7) is 3.71. The van der Waals surface area contributed by atoms with E-state index in [0.717, 1.165) is 39.0 Å². The van der Waals surface area contributed by atoms with Gasteiger partial charge in [0.25, 0.3) is 0 Å². The number of hydrogen-bond acceptors (Lipinski definition) is 3. The van der Waals surface area contributed by atoms with Crippen molar-refractivity contribution in [1.29, 1.82) is 0 Å². The summed E-state index contributed by atoms with van der Waals surface area (Å²) in [6, 6.07) is 0. The lowest BCUT2D eigenvalue weighted by atomic mass is 10.4. The molecule has 0 aromatic heterocycles. The first kappa shape index (κ1) is 9.88. The predicted octanol–water partition coefficient (Wildman–Crippen LogP) is -0.336. The fourth-order valence-electron chi connectivity index (χ4n) is 0.746. The molecule has 0 saturated heterocycles. The minimum absolute atomic E-state index is 0.782. The van der Waals surface area contributed by atoms with Crippen molar-refractivity contribution in [2.45, 2.75) is 19.3 Å². The van der Waals surface area contributed by atoms with Crippen LogP contribution in [0.25, 0.3) is 0 Å². The second-order valence-corrected chi connectivity index (χ2v) is 2.39. The van der Waals surface area contributed by atoms with Crippen molar-refractivity contribution in [3.63, 3.8) is 0 Å². The average Bonchev–Trinajstić information content (AvgIpc) is 1.97. The van der Waals surface area contributed by atoms with E-state index in [0.29, 0.717) is 0 Å². The largest absolute Gasteiger partial charge is 0.330 e. The Hall–Kier alpha value is -0.120. The molecular weight excluding hydrogens is 129 g/mol. The second-order valence-electron chi connectivity index (χ2n) is 2.39. The molecule has 0 unspecified atom stereocenters. The average molecular weight is 148 g/mol. The summed E-state index contributed by atoms with van der Waals surface area (Å²) < 4.78 is 0. The van der Waals surface area contributed by atoms with E-state index in [-0.39, 0.29) is 0 Å². The summed E-state index contributed by atoms with van der Waals surface area (Å²) in [5.41, 5.74) is 10.6. The molecular formula is C7H19N3. The molecule has 10 heavy (non-hydrogen) atoms. The molecule has 0 fully saturated rings. The quantitative estimate of drug-likeness (QED) is 0.342. The van der Waals surface area contributed by atoms with Crippen LogP contribution in [0.4, 0.5) is 0 Å². The Morgan fingerprint density at radius 3 is 2.00 bits per heavy atom. The summed E-state index contributed by atoms with van der Waals surface area (Å²) in [5.74, 6) is 0. The maximum absolute atomic E-state index is 5.32. The van der Waals surface area contributed by atoms with Gasteiger partial charge in [-0.05, 0) is 45.4 Å². The first-order valence-electron chi connectivity index (χ1n) is 4.02. The number of unbranched alkanes of at least 4 members (excludes halogenated alkanes) is 1. The van der Waals surface area contributed by atoms with Crippen molar-refractivity contribution >= 4 is 0 Å². The van der Waals surface area contributed by atoms with E-state index in [1.165, 1.54) is 6.42 Å². The third-order valence-electron chi connectivity index (χ3n) is 1.37. The highest BCUT2D eigenvalue weighted by Gasteiger charge is 1.85. The van der Waals surface area contributed by atoms with Crippen LogP contribution in [0.15, 0.2) is 0 Å². The van der Waals surface area contributed by atoms with Crippen LogP contribution in [0.2, 0.25) is 0 Å². The molecule has 0 aromatic rings. The Bertz CT molecular complexity index is 48.8. The molecule has 0 atom stereocenters. The van der Waals surface area contributed by atoms with Gasteiger partial charge in [0.15, 0.2) is 0 Å². The van der Waals surface area contributed by atoms with E-state index in [9.17, 15) is 0 Å². The molecule has 0 rings (SSSR count). The van der Waals surface area contributed by atoms with E-state index < -0.39 is 0 Å². The molecule has 62 valence electrons. The van der Waals surface area contributed by atoms with Crippen molar-refractivity contribution in [3.05, 3.63) is 0 Å². The van der Waals surface area contributed by atoms with Gasteiger partial charge in [-0.1, -0.05) is 0 Å². The van der Waals surface area contributed by atoms with Crippen LogP contribution in [0.3, 0.4) is 0 Å². The van der Waals surface area contributed by atoms with Gasteiger partial charge < -0.3 is 16.8 Å². The number of nitrogens with one attached hydrogen (secondary N) is 1. The second kappa shape index (κ2) is 8.88. The lowest BCUT2D eigenvalue weighted by molar-refractivity contribution is 0.611. The number of nitrogens with two attached hydrogens (primary N) is 2. The van der Waals surface area contributed by atoms with Gasteiger partial charge in [0.1, 0.15) is 0 Å². The van der Waals surface area contributed by atoms with Crippen LogP contribution in [-0.2, 0) is 0 Å². The van der Waals surface area contributed by atoms with E-state index in [1.54, 1.807) is 0 Å². The lowest BCUT2D eigenvalue weighted by Crippen LogP contribution is -2.19. The van der Waals surface area contributed by atoms with Gasteiger partial charge in [-0.25, -0.2) is 0 Å². The SMILES string of the molecule is NCCCNC[13CH2][13CH2][13CH2]N. The predicted molar refractivity (Wildman–Crippen MR) is 44.8 cm³/mol. The minimum atomic E-state index is 0.782. The van der Waals surface area contributed by atoms with Crippen LogP contribution in [0.5, 0.6) is 0 Å². The molecule has 0 spiro atoms. The fourth-order valence-corrected chi connectivity index (χ4v) is 0.746. The lowest BCUT2D eigenvalue weighted by Gasteiger charge is -2.01. The van der Waals surface area contributed by atoms with E-state index in [2.05, 4.69) is 5.32 Å². The summed E-state index contributed by atoms with van der Waals surface area (Å²) >= 11 is 0. The molecule has 0 aliphatic carbocycles. The molecule has 0 radical (unpaired) electrons. The highest BCUT2D eigenvalue weighted by Crippen LogP contribution is 1.81. The molecule has 0 saturated carbocycles. The van der Waals surface area contributed by atoms with Crippen molar-refractivity contribution < 1.29 is 0 Å². The Balaban J connectivity index is 2.65. The highest BCUT2D eigenvalue weighted by atomic mass is 15.0. The first-order valence-corrected chi connectivity index (χ1v) is 4.02. The first-order chi connectivity index (χ1) is 4.91. The molecule has 0 bridgehead atoms. The van der Waals surface area contributed by atoms with Crippen molar-refractivity contribution in [2.24, 2.45) is 11.5 Å². The van der Waals surface area contributed by atoms with E-state index in [4.69, 9.17) is 11.5 Å². The number of hydrogen-bond donors (Lipinski definition) is 3. The van der Waals surface area contributed by atoms with Gasteiger partial charge in [-0.2, -0.15) is 0 Å². The smallest absolute Gasteiger partial charge is 0.00369 e. The minimum Gasteiger partial charge on any atom is -0.330 e. The van der Waals surface area contributed by atoms with Gasteiger partial charge >= 0.3 is 0 Å². The van der Waals surface area contributed by atoms with Crippen LogP contribution in [0, 0.1) is 0 Å². The van der Waals surface area contributed by atoms with Crippen LogP contribution >= 0.6 is 0 Å². The van der Waals surface area contributed by atoms with Gasteiger partial charge in [-0.15, -0.1) is 0 Å². The summed E-state index contributed by atoms with van der Waals surface area (Å²) in [4.78, 5) is 0. The van der Waals surface area contributed by atoms with Gasteiger partial charge in [-0.3, -0.25) is 0 Å². The Kier molecular flexibility index (Phi) is 8.77. The van der Waals surface area contributed by atoms with Crippen LogP contribution in [-0.4, -0.2) is 26.2 Å². The molecule has 3 nitrogen and oxygen atoms in total. The van der Waals surface area contributed by atoms with Crippen molar-refractivity contribution in [1.82, 2.24) is 5.32 Å². The Labute approximate surface area is 63.2 Å². The highest BCUT2D eigenvalue weighted by molar-refractivity contribution is 4.49. The molecule has 0 heterocycles. The van der Waals surface area contributed by atoms with Crippen molar-refractivity contribution in [3.8, 4) is 0 Å². The third kappa shape index (κ3) is 7.88. The summed E-state index contributed by atoms with van der Waals surface area (Å²) in [6.07, 6.45) is 3.37. The van der Waals surface area contributed by atoms with Crippen molar-refractivity contribution in [2.75, 3.05) is 26.2 Å². The molecule has 0 aliphatic heterocycles. The third-order valence-corrected chi connectivity index (χ3v) is 1.37. The molecule has 0 amide bonds. The van der Waals surface area contributed by atoms with Crippen LogP contribution < -0.4 is 16.8 Å². The zero-order chi connectivity index (χ0) is 7.66. The van der Waals surface area contributed by atoms with E-state index >= 15 is 0 Å². The molecule has 3 heteroatoms. The topological polar surface area (TPSA) is 64.1 Å². The van der Waals surface area contributed by atoms with Crippen LogP contribution in [0.1, 0.15) is 19.3 Å². The molecule has 5 N–H and O–H groups in total. The zero-order valence-electron chi connectivity index (χ0n) is 6.60. The van der Waals surface area contributed by atoms with E-state index in [1.807, 2.05) is 0 Å². The normalized spacial score (nSPS) is 10.2. The summed E-state index contributed by atoms with van der Waals surface area (Å²) in [7, 11) is 0. The Morgan fingerprint density at radius 1 is 0.800 bits per heavy atom. The Morgan fingerprint density at radius 2 is 1.40 bits per heavy atom. The zero-order valence-corrected chi connectivity index (χ0v) is 6.60. The van der Waals surface area contributed by atoms with Gasteiger partial charge in [0.2, 0.25) is 0 Å². The number of rotatable bonds is 7.